The van der Waals surface area contributed by atoms with Crippen molar-refractivity contribution in [1.82, 2.24) is 4.98 Å². The summed E-state index contributed by atoms with van der Waals surface area (Å²) in [5.74, 6) is 1.51. The zero-order valence-electron chi connectivity index (χ0n) is 13.9. The summed E-state index contributed by atoms with van der Waals surface area (Å²) in [4.78, 5) is 4.52. The molecule has 0 atom stereocenters. The minimum Gasteiger partial charge on any atom is -0.497 e. The van der Waals surface area contributed by atoms with Gasteiger partial charge in [-0.1, -0.05) is 24.3 Å². The van der Waals surface area contributed by atoms with Gasteiger partial charge in [0, 0.05) is 17.8 Å². The van der Waals surface area contributed by atoms with E-state index in [9.17, 15) is 0 Å². The Morgan fingerprint density at radius 2 is 1.68 bits per heavy atom. The SMILES string of the molecule is COc1ccc(CNc2ccc(-c3nc4ccccc4o3)cc2)cc1. The lowest BCUT2D eigenvalue weighted by Gasteiger charge is -2.07. The quantitative estimate of drug-likeness (QED) is 0.552. The molecule has 0 saturated carbocycles. The van der Waals surface area contributed by atoms with Crippen LogP contribution in [0.2, 0.25) is 0 Å². The number of rotatable bonds is 5. The van der Waals surface area contributed by atoms with Crippen molar-refractivity contribution in [2.75, 3.05) is 12.4 Å². The van der Waals surface area contributed by atoms with Crippen molar-refractivity contribution in [3.63, 3.8) is 0 Å². The minimum atomic E-state index is 0.642. The normalized spacial score (nSPS) is 10.8. The summed E-state index contributed by atoms with van der Waals surface area (Å²) < 4.78 is 11.0. The smallest absolute Gasteiger partial charge is 0.227 e. The maximum atomic E-state index is 5.80. The third-order valence-electron chi connectivity index (χ3n) is 4.08. The number of para-hydroxylation sites is 2. The predicted molar refractivity (Wildman–Crippen MR) is 99.8 cm³/mol. The molecule has 0 spiro atoms. The van der Waals surface area contributed by atoms with Gasteiger partial charge in [0.2, 0.25) is 5.89 Å². The van der Waals surface area contributed by atoms with Gasteiger partial charge in [0.25, 0.3) is 0 Å². The lowest BCUT2D eigenvalue weighted by molar-refractivity contribution is 0.414. The van der Waals surface area contributed by atoms with E-state index in [1.807, 2.05) is 60.7 Å². The largest absolute Gasteiger partial charge is 0.497 e. The third-order valence-corrected chi connectivity index (χ3v) is 4.08. The van der Waals surface area contributed by atoms with Crippen LogP contribution in [0, 0.1) is 0 Å². The predicted octanol–water partition coefficient (Wildman–Crippen LogP) is 5.12. The molecule has 4 aromatic rings. The Kier molecular flexibility index (Phi) is 4.09. The zero-order chi connectivity index (χ0) is 17.1. The number of benzene rings is 3. The highest BCUT2D eigenvalue weighted by molar-refractivity contribution is 5.76. The summed E-state index contributed by atoms with van der Waals surface area (Å²) in [7, 11) is 1.67. The number of fused-ring (bicyclic) bond motifs is 1. The lowest BCUT2D eigenvalue weighted by atomic mass is 10.2. The fourth-order valence-corrected chi connectivity index (χ4v) is 2.67. The molecule has 0 saturated heterocycles. The molecule has 0 aliphatic rings. The van der Waals surface area contributed by atoms with Gasteiger partial charge in [-0.15, -0.1) is 0 Å². The fourth-order valence-electron chi connectivity index (χ4n) is 2.67. The van der Waals surface area contributed by atoms with Gasteiger partial charge in [-0.05, 0) is 54.1 Å². The second-order valence-electron chi connectivity index (χ2n) is 5.77. The van der Waals surface area contributed by atoms with Gasteiger partial charge >= 0.3 is 0 Å². The van der Waals surface area contributed by atoms with E-state index >= 15 is 0 Å². The number of aromatic nitrogens is 1. The number of hydrogen-bond acceptors (Lipinski definition) is 4. The Bertz CT molecular complexity index is 940. The molecule has 0 unspecified atom stereocenters. The van der Waals surface area contributed by atoms with Gasteiger partial charge in [0.1, 0.15) is 11.3 Å². The van der Waals surface area contributed by atoms with E-state index in [1.165, 1.54) is 5.56 Å². The first kappa shape index (κ1) is 15.3. The molecule has 0 aliphatic carbocycles. The molecule has 4 rings (SSSR count). The van der Waals surface area contributed by atoms with E-state index in [0.717, 1.165) is 34.6 Å². The highest BCUT2D eigenvalue weighted by Crippen LogP contribution is 2.25. The molecule has 1 aromatic heterocycles. The molecule has 25 heavy (non-hydrogen) atoms. The van der Waals surface area contributed by atoms with Crippen molar-refractivity contribution in [1.29, 1.82) is 0 Å². The number of nitrogens with one attached hydrogen (secondary N) is 1. The van der Waals surface area contributed by atoms with Crippen LogP contribution < -0.4 is 10.1 Å². The molecule has 4 nitrogen and oxygen atoms in total. The van der Waals surface area contributed by atoms with Gasteiger partial charge in [0.05, 0.1) is 7.11 Å². The molecule has 0 fully saturated rings. The van der Waals surface area contributed by atoms with Crippen LogP contribution in [0.3, 0.4) is 0 Å². The van der Waals surface area contributed by atoms with Crippen LogP contribution in [0.1, 0.15) is 5.56 Å². The Morgan fingerprint density at radius 3 is 2.40 bits per heavy atom. The minimum absolute atomic E-state index is 0.642. The van der Waals surface area contributed by atoms with Crippen LogP contribution in [0.5, 0.6) is 5.75 Å². The Morgan fingerprint density at radius 1 is 0.920 bits per heavy atom. The molecule has 124 valence electrons. The second-order valence-corrected chi connectivity index (χ2v) is 5.77. The van der Waals surface area contributed by atoms with Crippen LogP contribution in [-0.4, -0.2) is 12.1 Å². The highest BCUT2D eigenvalue weighted by atomic mass is 16.5. The summed E-state index contributed by atoms with van der Waals surface area (Å²) in [6, 6.07) is 23.9. The van der Waals surface area contributed by atoms with Gasteiger partial charge in [0.15, 0.2) is 5.58 Å². The van der Waals surface area contributed by atoms with E-state index in [2.05, 4.69) is 22.4 Å². The second kappa shape index (κ2) is 6.69. The monoisotopic (exact) mass is 330 g/mol. The first-order chi connectivity index (χ1) is 12.3. The van der Waals surface area contributed by atoms with Crippen LogP contribution in [0.4, 0.5) is 5.69 Å². The van der Waals surface area contributed by atoms with Gasteiger partial charge in [-0.2, -0.15) is 0 Å². The molecule has 1 N–H and O–H groups in total. The summed E-state index contributed by atoms with van der Waals surface area (Å²) in [6.45, 7) is 0.756. The van der Waals surface area contributed by atoms with E-state index in [4.69, 9.17) is 9.15 Å². The van der Waals surface area contributed by atoms with E-state index < -0.39 is 0 Å². The third kappa shape index (κ3) is 3.33. The van der Waals surface area contributed by atoms with Gasteiger partial charge < -0.3 is 14.5 Å². The summed E-state index contributed by atoms with van der Waals surface area (Å²) in [5.41, 5.74) is 4.89. The van der Waals surface area contributed by atoms with Crippen LogP contribution >= 0.6 is 0 Å². The number of hydrogen-bond donors (Lipinski definition) is 1. The van der Waals surface area contributed by atoms with E-state index in [1.54, 1.807) is 7.11 Å². The van der Waals surface area contributed by atoms with Crippen LogP contribution in [0.15, 0.2) is 77.2 Å². The Balaban J connectivity index is 1.45. The lowest BCUT2D eigenvalue weighted by Crippen LogP contribution is -1.99. The first-order valence-electron chi connectivity index (χ1n) is 8.15. The Labute approximate surface area is 146 Å². The Hall–Kier alpha value is -3.27. The topological polar surface area (TPSA) is 47.3 Å². The first-order valence-corrected chi connectivity index (χ1v) is 8.15. The number of ether oxygens (including phenoxy) is 1. The molecule has 0 aliphatic heterocycles. The number of methoxy groups -OCH3 is 1. The molecular formula is C21H18N2O2. The average Bonchev–Trinajstić information content (AvgIpc) is 3.11. The number of anilines is 1. The molecule has 0 amide bonds. The molecule has 1 heterocycles. The number of oxazole rings is 1. The van der Waals surface area contributed by atoms with Crippen molar-refractivity contribution in [3.8, 4) is 17.2 Å². The molecule has 4 heteroatoms. The van der Waals surface area contributed by atoms with Crippen molar-refractivity contribution < 1.29 is 9.15 Å². The van der Waals surface area contributed by atoms with Gasteiger partial charge in [-0.25, -0.2) is 4.98 Å². The summed E-state index contributed by atoms with van der Waals surface area (Å²) in [5, 5.41) is 3.41. The maximum absolute atomic E-state index is 5.80. The van der Waals surface area contributed by atoms with Crippen molar-refractivity contribution >= 4 is 16.8 Å². The van der Waals surface area contributed by atoms with E-state index in [0.29, 0.717) is 5.89 Å². The van der Waals surface area contributed by atoms with Crippen molar-refractivity contribution in [2.24, 2.45) is 0 Å². The summed E-state index contributed by atoms with van der Waals surface area (Å²) in [6.07, 6.45) is 0. The molecule has 3 aromatic carbocycles. The molecular weight excluding hydrogens is 312 g/mol. The van der Waals surface area contributed by atoms with Gasteiger partial charge in [-0.3, -0.25) is 0 Å². The van der Waals surface area contributed by atoms with Crippen molar-refractivity contribution in [2.45, 2.75) is 6.54 Å². The highest BCUT2D eigenvalue weighted by Gasteiger charge is 2.07. The fraction of sp³-hybridized carbons (Fsp3) is 0.0952. The molecule has 0 radical (unpaired) electrons. The summed E-state index contributed by atoms with van der Waals surface area (Å²) >= 11 is 0. The maximum Gasteiger partial charge on any atom is 0.227 e. The standard InChI is InChI=1S/C21H18N2O2/c1-24-18-12-6-15(7-13-18)14-22-17-10-8-16(9-11-17)21-23-19-4-2-3-5-20(19)25-21/h2-13,22H,14H2,1H3. The zero-order valence-corrected chi connectivity index (χ0v) is 13.9. The number of nitrogens with zero attached hydrogens (tertiary/aromatic N) is 1. The van der Waals surface area contributed by atoms with E-state index in [-0.39, 0.29) is 0 Å². The van der Waals surface area contributed by atoms with Crippen LogP contribution in [-0.2, 0) is 6.54 Å². The average molecular weight is 330 g/mol. The molecule has 0 bridgehead atoms. The van der Waals surface area contributed by atoms with Crippen LogP contribution in [0.25, 0.3) is 22.6 Å². The van der Waals surface area contributed by atoms with Crippen molar-refractivity contribution in [3.05, 3.63) is 78.4 Å².